The lowest BCUT2D eigenvalue weighted by Crippen LogP contribution is -2.37. The molecule has 1 N–H and O–H groups in total. The number of halogens is 2. The summed E-state index contributed by atoms with van der Waals surface area (Å²) in [5.74, 6) is -0.555. The van der Waals surface area contributed by atoms with E-state index in [0.29, 0.717) is 23.1 Å². The zero-order chi connectivity index (χ0) is 23.0. The van der Waals surface area contributed by atoms with E-state index in [0.717, 1.165) is 11.3 Å². The molecule has 1 amide bonds. The number of hydrogen-bond acceptors (Lipinski definition) is 6. The Labute approximate surface area is 181 Å². The van der Waals surface area contributed by atoms with Crippen LogP contribution in [0.1, 0.15) is 25.8 Å². The summed E-state index contributed by atoms with van der Waals surface area (Å²) in [6.45, 7) is 1.30. The van der Waals surface area contributed by atoms with E-state index in [1.807, 2.05) is 6.07 Å². The molecule has 1 aromatic carbocycles. The molecule has 0 spiro atoms. The maximum atomic E-state index is 13.0. The summed E-state index contributed by atoms with van der Waals surface area (Å²) in [5.41, 5.74) is 0.0864. The number of ether oxygens (including phenoxy) is 2. The van der Waals surface area contributed by atoms with Crippen LogP contribution in [-0.4, -0.2) is 36.8 Å². The number of aromatic nitrogens is 1. The Bertz CT molecular complexity index is 1120. The lowest BCUT2D eigenvalue weighted by Gasteiger charge is -2.07. The minimum Gasteiger partial charge on any atom is -0.435 e. The first-order chi connectivity index (χ1) is 14.8. The van der Waals surface area contributed by atoms with Crippen LogP contribution in [0.15, 0.2) is 29.1 Å². The second-order valence-electron chi connectivity index (χ2n) is 6.78. The molecule has 10 heteroatoms. The average Bonchev–Trinajstić information content (AvgIpc) is 2.99. The molecule has 2 rings (SSSR count). The number of methoxy groups -OCH3 is 1. The molecule has 1 aromatic heterocycles. The number of hydrogen-bond donors (Lipinski definition) is 1. The van der Waals surface area contributed by atoms with Gasteiger partial charge in [-0.1, -0.05) is 12.1 Å². The van der Waals surface area contributed by atoms with Crippen molar-refractivity contribution < 1.29 is 23.0 Å². The summed E-state index contributed by atoms with van der Waals surface area (Å²) in [6, 6.07) is 7.53. The molecule has 0 bridgehead atoms. The average molecular weight is 451 g/mol. The molecular weight excluding hydrogens is 428 g/mol. The summed E-state index contributed by atoms with van der Waals surface area (Å²) in [7, 11) is 1.54. The van der Waals surface area contributed by atoms with Crippen molar-refractivity contribution in [3.63, 3.8) is 0 Å². The van der Waals surface area contributed by atoms with Gasteiger partial charge in [-0.05, 0) is 44.0 Å². The second-order valence-corrected chi connectivity index (χ2v) is 7.81. The van der Waals surface area contributed by atoms with Crippen LogP contribution in [0.4, 0.5) is 8.78 Å². The van der Waals surface area contributed by atoms with Gasteiger partial charge in [-0.3, -0.25) is 14.2 Å². The number of nitriles is 1. The van der Waals surface area contributed by atoms with Crippen LogP contribution in [0.25, 0.3) is 11.6 Å². The summed E-state index contributed by atoms with van der Waals surface area (Å²) in [6.07, 6.45) is 2.09. The smallest absolute Gasteiger partial charge is 0.387 e. The van der Waals surface area contributed by atoms with Gasteiger partial charge in [0, 0.05) is 26.3 Å². The van der Waals surface area contributed by atoms with Gasteiger partial charge < -0.3 is 14.8 Å². The first-order valence-corrected chi connectivity index (χ1v) is 10.3. The number of carbonyl (C=O) groups is 1. The Morgan fingerprint density at radius 2 is 2.00 bits per heavy atom. The summed E-state index contributed by atoms with van der Waals surface area (Å²) in [4.78, 5) is 25.5. The van der Waals surface area contributed by atoms with Crippen molar-refractivity contribution in [3.8, 4) is 11.8 Å². The number of thiazole rings is 1. The van der Waals surface area contributed by atoms with Crippen molar-refractivity contribution in [2.45, 2.75) is 39.5 Å². The van der Waals surface area contributed by atoms with Crippen LogP contribution in [0.5, 0.6) is 5.75 Å². The van der Waals surface area contributed by atoms with E-state index in [-0.39, 0.29) is 34.1 Å². The third-order valence-electron chi connectivity index (χ3n) is 4.01. The SMILES string of the molecule is COCCCn1c(=O)/c(=C\c2ccc(OC(F)F)cc2)s/c1=C(/C#N)C(=O)NC(C)C. The molecule has 0 aliphatic rings. The topological polar surface area (TPSA) is 93.3 Å². The molecule has 7 nitrogen and oxygen atoms in total. The first-order valence-electron chi connectivity index (χ1n) is 9.47. The fourth-order valence-electron chi connectivity index (χ4n) is 2.70. The number of benzene rings is 1. The zero-order valence-electron chi connectivity index (χ0n) is 17.4. The normalized spacial score (nSPS) is 12.8. The van der Waals surface area contributed by atoms with Gasteiger partial charge >= 0.3 is 6.61 Å². The van der Waals surface area contributed by atoms with Gasteiger partial charge in [-0.25, -0.2) is 0 Å². The number of rotatable bonds is 9. The molecule has 0 fully saturated rings. The Morgan fingerprint density at radius 3 is 2.55 bits per heavy atom. The number of nitrogens with zero attached hydrogens (tertiary/aromatic N) is 2. The minimum atomic E-state index is -2.93. The highest BCUT2D eigenvalue weighted by Crippen LogP contribution is 2.15. The molecule has 0 aliphatic carbocycles. The van der Waals surface area contributed by atoms with Gasteiger partial charge in [0.2, 0.25) is 0 Å². The quantitative estimate of drug-likeness (QED) is 0.585. The molecule has 0 saturated heterocycles. The fourth-order valence-corrected chi connectivity index (χ4v) is 3.83. The van der Waals surface area contributed by atoms with Gasteiger partial charge in [-0.15, -0.1) is 11.3 Å². The lowest BCUT2D eigenvalue weighted by molar-refractivity contribution is -0.116. The van der Waals surface area contributed by atoms with Gasteiger partial charge in [0.25, 0.3) is 11.5 Å². The molecule has 1 heterocycles. The molecule has 0 aliphatic heterocycles. The van der Waals surface area contributed by atoms with Crippen molar-refractivity contribution in [2.24, 2.45) is 0 Å². The molecule has 0 atom stereocenters. The van der Waals surface area contributed by atoms with E-state index in [1.165, 1.54) is 28.8 Å². The van der Waals surface area contributed by atoms with Gasteiger partial charge in [0.15, 0.2) is 5.57 Å². The van der Waals surface area contributed by atoms with Crippen molar-refractivity contribution in [1.82, 2.24) is 9.88 Å². The number of alkyl halides is 2. The molecule has 0 unspecified atom stereocenters. The summed E-state index contributed by atoms with van der Waals surface area (Å²) < 4.78 is 35.9. The van der Waals surface area contributed by atoms with Crippen molar-refractivity contribution >= 4 is 28.9 Å². The van der Waals surface area contributed by atoms with Crippen molar-refractivity contribution in [2.75, 3.05) is 13.7 Å². The first kappa shape index (κ1) is 24.2. The Balaban J connectivity index is 2.59. The molecule has 2 aromatic rings. The maximum Gasteiger partial charge on any atom is 0.387 e. The third kappa shape index (κ3) is 6.73. The van der Waals surface area contributed by atoms with Crippen LogP contribution < -0.4 is 24.8 Å². The van der Waals surface area contributed by atoms with Crippen LogP contribution >= 0.6 is 11.3 Å². The van der Waals surface area contributed by atoms with E-state index in [4.69, 9.17) is 4.74 Å². The number of nitrogens with one attached hydrogen (secondary N) is 1. The number of carbonyl (C=O) groups excluding carboxylic acids is 1. The Kier molecular flexibility index (Phi) is 8.90. The van der Waals surface area contributed by atoms with Crippen molar-refractivity contribution in [3.05, 3.63) is 49.4 Å². The highest BCUT2D eigenvalue weighted by atomic mass is 32.1. The highest BCUT2D eigenvalue weighted by molar-refractivity contribution is 7.07. The fraction of sp³-hybridized carbons (Fsp3) is 0.381. The van der Waals surface area contributed by atoms with E-state index in [1.54, 1.807) is 27.0 Å². The number of amides is 1. The van der Waals surface area contributed by atoms with Crippen LogP contribution in [0.3, 0.4) is 0 Å². The summed E-state index contributed by atoms with van der Waals surface area (Å²) >= 11 is 1.02. The minimum absolute atomic E-state index is 0.00134. The second kappa shape index (κ2) is 11.4. The third-order valence-corrected chi connectivity index (χ3v) is 5.14. The predicted octanol–water partition coefficient (Wildman–Crippen LogP) is 1.58. The highest BCUT2D eigenvalue weighted by Gasteiger charge is 2.16. The summed E-state index contributed by atoms with van der Waals surface area (Å²) in [5, 5.41) is 12.3. The monoisotopic (exact) mass is 451 g/mol. The molecule has 166 valence electrons. The van der Waals surface area contributed by atoms with Gasteiger partial charge in [0.05, 0.1) is 4.53 Å². The molecule has 31 heavy (non-hydrogen) atoms. The largest absolute Gasteiger partial charge is 0.435 e. The molecule has 0 radical (unpaired) electrons. The molecule has 0 saturated carbocycles. The van der Waals surface area contributed by atoms with E-state index >= 15 is 0 Å². The predicted molar refractivity (Wildman–Crippen MR) is 113 cm³/mol. The zero-order valence-corrected chi connectivity index (χ0v) is 18.2. The van der Waals surface area contributed by atoms with Crippen LogP contribution in [0, 0.1) is 11.3 Å². The molecular formula is C21H23F2N3O4S. The van der Waals surface area contributed by atoms with E-state index in [9.17, 15) is 23.6 Å². The van der Waals surface area contributed by atoms with Gasteiger partial charge in [-0.2, -0.15) is 14.0 Å². The van der Waals surface area contributed by atoms with Gasteiger partial charge in [0.1, 0.15) is 16.5 Å². The van der Waals surface area contributed by atoms with Crippen LogP contribution in [0.2, 0.25) is 0 Å². The lowest BCUT2D eigenvalue weighted by atomic mass is 10.2. The maximum absolute atomic E-state index is 13.0. The van der Waals surface area contributed by atoms with Crippen molar-refractivity contribution in [1.29, 1.82) is 5.26 Å². The van der Waals surface area contributed by atoms with E-state index in [2.05, 4.69) is 10.1 Å². The Hall–Kier alpha value is -3.03. The standard InChI is InChI=1S/C21H23F2N3O4S/c1-13(2)25-18(27)16(12-24)20-26(9-4-10-29-3)19(28)17(31-20)11-14-5-7-15(8-6-14)30-21(22)23/h5-8,11,13,21H,4,9-10H2,1-3H3,(H,25,27)/b17-11+,20-16-. The van der Waals surface area contributed by atoms with E-state index < -0.39 is 12.5 Å². The van der Waals surface area contributed by atoms with Crippen LogP contribution in [-0.2, 0) is 16.1 Å². The Morgan fingerprint density at radius 1 is 1.32 bits per heavy atom.